The van der Waals surface area contributed by atoms with Crippen LogP contribution in [0.15, 0.2) is 34.2 Å². The first-order valence-electron chi connectivity index (χ1n) is 10.3. The van der Waals surface area contributed by atoms with Crippen molar-refractivity contribution in [3.8, 4) is 0 Å². The first kappa shape index (κ1) is 22.5. The number of benzene rings is 1. The number of hydrogen-bond acceptors (Lipinski definition) is 7. The molecule has 2 aromatic heterocycles. The number of aryl methyl sites for hydroxylation is 2. The third kappa shape index (κ3) is 4.87. The van der Waals surface area contributed by atoms with Crippen molar-refractivity contribution in [1.82, 2.24) is 9.55 Å². The second-order valence-corrected chi connectivity index (χ2v) is 9.50. The molecule has 1 aliphatic rings. The van der Waals surface area contributed by atoms with Crippen molar-refractivity contribution in [2.75, 3.05) is 30.1 Å². The SMILES string of the molecule is COCCn1c(SCC(=O)Nc2ccc(NC(C)=O)cc2)nc2sc3c(c2c1=O)CCC3. The highest BCUT2D eigenvalue weighted by Gasteiger charge is 2.23. The fourth-order valence-corrected chi connectivity index (χ4v) is 5.84. The highest BCUT2D eigenvalue weighted by Crippen LogP contribution is 2.35. The van der Waals surface area contributed by atoms with Gasteiger partial charge in [0.2, 0.25) is 11.8 Å². The summed E-state index contributed by atoms with van der Waals surface area (Å²) in [7, 11) is 1.59. The maximum Gasteiger partial charge on any atom is 0.263 e. The number of ether oxygens (including phenoxy) is 1. The molecule has 4 rings (SSSR count). The number of anilines is 2. The van der Waals surface area contributed by atoms with Crippen LogP contribution in [0.1, 0.15) is 23.8 Å². The van der Waals surface area contributed by atoms with Gasteiger partial charge in [-0.1, -0.05) is 11.8 Å². The number of aromatic nitrogens is 2. The van der Waals surface area contributed by atoms with Gasteiger partial charge in [-0.3, -0.25) is 19.0 Å². The third-order valence-electron chi connectivity index (χ3n) is 5.13. The molecule has 8 nitrogen and oxygen atoms in total. The summed E-state index contributed by atoms with van der Waals surface area (Å²) >= 11 is 2.83. The van der Waals surface area contributed by atoms with Crippen LogP contribution < -0.4 is 16.2 Å². The molecular weight excluding hydrogens is 448 g/mol. The minimum absolute atomic E-state index is 0.0529. The topological polar surface area (TPSA) is 102 Å². The summed E-state index contributed by atoms with van der Waals surface area (Å²) in [6.45, 7) is 2.21. The summed E-state index contributed by atoms with van der Waals surface area (Å²) in [4.78, 5) is 43.6. The maximum atomic E-state index is 13.3. The molecule has 0 bridgehead atoms. The lowest BCUT2D eigenvalue weighted by atomic mass is 10.2. The zero-order valence-electron chi connectivity index (χ0n) is 17.9. The van der Waals surface area contributed by atoms with E-state index in [1.807, 2.05) is 0 Å². The van der Waals surface area contributed by atoms with Gasteiger partial charge in [-0.05, 0) is 49.1 Å². The monoisotopic (exact) mass is 472 g/mol. The predicted molar refractivity (Wildman–Crippen MR) is 128 cm³/mol. The van der Waals surface area contributed by atoms with Crippen molar-refractivity contribution in [3.63, 3.8) is 0 Å². The lowest BCUT2D eigenvalue weighted by Crippen LogP contribution is -2.26. The van der Waals surface area contributed by atoms with Crippen molar-refractivity contribution in [2.24, 2.45) is 0 Å². The van der Waals surface area contributed by atoms with Crippen LogP contribution in [0.5, 0.6) is 0 Å². The van der Waals surface area contributed by atoms with Crippen molar-refractivity contribution < 1.29 is 14.3 Å². The summed E-state index contributed by atoms with van der Waals surface area (Å²) in [5.74, 6) is -0.245. The van der Waals surface area contributed by atoms with E-state index in [4.69, 9.17) is 9.72 Å². The zero-order chi connectivity index (χ0) is 22.7. The Bertz CT molecular complexity index is 1220. The molecule has 32 heavy (non-hydrogen) atoms. The Kier molecular flexibility index (Phi) is 6.92. The summed E-state index contributed by atoms with van der Waals surface area (Å²) in [6.07, 6.45) is 3.00. The Hall–Kier alpha value is -2.69. The van der Waals surface area contributed by atoms with Gasteiger partial charge in [-0.2, -0.15) is 0 Å². The van der Waals surface area contributed by atoms with Gasteiger partial charge in [-0.25, -0.2) is 4.98 Å². The Morgan fingerprint density at radius 3 is 2.59 bits per heavy atom. The number of hydrogen-bond donors (Lipinski definition) is 2. The van der Waals surface area contributed by atoms with Gasteiger partial charge >= 0.3 is 0 Å². The molecule has 0 radical (unpaired) electrons. The van der Waals surface area contributed by atoms with Gasteiger partial charge in [0.05, 0.1) is 24.3 Å². The average Bonchev–Trinajstić information content (AvgIpc) is 3.33. The number of methoxy groups -OCH3 is 1. The molecule has 2 amide bonds. The van der Waals surface area contributed by atoms with Crippen LogP contribution in [0.4, 0.5) is 11.4 Å². The quantitative estimate of drug-likeness (QED) is 0.385. The molecule has 1 aliphatic carbocycles. The Balaban J connectivity index is 1.50. The molecule has 168 valence electrons. The number of rotatable bonds is 8. The van der Waals surface area contributed by atoms with E-state index in [1.165, 1.54) is 23.6 Å². The summed E-state index contributed by atoms with van der Waals surface area (Å²) in [5, 5.41) is 6.76. The maximum absolute atomic E-state index is 13.3. The van der Waals surface area contributed by atoms with E-state index in [0.29, 0.717) is 29.7 Å². The molecule has 0 fully saturated rings. The number of amides is 2. The molecule has 10 heteroatoms. The second-order valence-electron chi connectivity index (χ2n) is 7.48. The van der Waals surface area contributed by atoms with Crippen LogP contribution in [0.2, 0.25) is 0 Å². The molecule has 0 saturated carbocycles. The van der Waals surface area contributed by atoms with Crippen LogP contribution in [-0.2, 0) is 33.7 Å². The minimum Gasteiger partial charge on any atom is -0.383 e. The predicted octanol–water partition coefficient (Wildman–Crippen LogP) is 3.28. The van der Waals surface area contributed by atoms with E-state index in [0.717, 1.165) is 35.0 Å². The molecule has 0 aliphatic heterocycles. The van der Waals surface area contributed by atoms with E-state index in [2.05, 4.69) is 10.6 Å². The minimum atomic E-state index is -0.205. The van der Waals surface area contributed by atoms with E-state index in [9.17, 15) is 14.4 Å². The summed E-state index contributed by atoms with van der Waals surface area (Å²) < 4.78 is 6.80. The molecule has 0 atom stereocenters. The van der Waals surface area contributed by atoms with Gasteiger partial charge in [0, 0.05) is 30.3 Å². The highest BCUT2D eigenvalue weighted by atomic mass is 32.2. The Morgan fingerprint density at radius 1 is 1.19 bits per heavy atom. The number of nitrogens with zero attached hydrogens (tertiary/aromatic N) is 2. The van der Waals surface area contributed by atoms with E-state index in [1.54, 1.807) is 47.3 Å². The molecule has 1 aromatic carbocycles. The molecule has 3 aromatic rings. The van der Waals surface area contributed by atoms with Gasteiger partial charge in [0.25, 0.3) is 5.56 Å². The average molecular weight is 473 g/mol. The van der Waals surface area contributed by atoms with E-state index in [-0.39, 0.29) is 23.1 Å². The largest absolute Gasteiger partial charge is 0.383 e. The van der Waals surface area contributed by atoms with Crippen LogP contribution in [0, 0.1) is 0 Å². The third-order valence-corrected chi connectivity index (χ3v) is 7.29. The van der Waals surface area contributed by atoms with Crippen LogP contribution in [-0.4, -0.2) is 40.8 Å². The first-order valence-corrected chi connectivity index (χ1v) is 12.1. The standard InChI is InChI=1S/C22H24N4O4S2/c1-13(27)23-14-6-8-15(9-7-14)24-18(28)12-31-22-25-20-19(16-4-3-5-17(16)32-20)21(29)26(22)10-11-30-2/h6-9H,3-5,10-12H2,1-2H3,(H,23,27)(H,24,28). The number of carbonyl (C=O) groups is 2. The summed E-state index contributed by atoms with van der Waals surface area (Å²) in [6, 6.07) is 6.88. The van der Waals surface area contributed by atoms with Crippen LogP contribution >= 0.6 is 23.1 Å². The van der Waals surface area contributed by atoms with Crippen molar-refractivity contribution >= 4 is 56.5 Å². The molecule has 2 heterocycles. The fourth-order valence-electron chi connectivity index (χ4n) is 3.72. The van der Waals surface area contributed by atoms with E-state index >= 15 is 0 Å². The van der Waals surface area contributed by atoms with Gasteiger partial charge in [-0.15, -0.1) is 11.3 Å². The number of thiophene rings is 1. The molecular formula is C22H24N4O4S2. The normalized spacial score (nSPS) is 12.7. The van der Waals surface area contributed by atoms with Gasteiger partial charge in [0.1, 0.15) is 4.83 Å². The van der Waals surface area contributed by atoms with Crippen LogP contribution in [0.3, 0.4) is 0 Å². The Labute approximate surface area is 193 Å². The van der Waals surface area contributed by atoms with Crippen molar-refractivity contribution in [1.29, 1.82) is 0 Å². The molecule has 0 unspecified atom stereocenters. The number of nitrogens with one attached hydrogen (secondary N) is 2. The Morgan fingerprint density at radius 2 is 1.91 bits per heavy atom. The number of carbonyl (C=O) groups excluding carboxylic acids is 2. The second kappa shape index (κ2) is 9.85. The lowest BCUT2D eigenvalue weighted by molar-refractivity contribution is -0.114. The van der Waals surface area contributed by atoms with E-state index < -0.39 is 0 Å². The lowest BCUT2D eigenvalue weighted by Gasteiger charge is -2.12. The fraction of sp³-hybridized carbons (Fsp3) is 0.364. The summed E-state index contributed by atoms with van der Waals surface area (Å²) in [5.41, 5.74) is 2.38. The molecule has 0 saturated heterocycles. The number of thioether (sulfide) groups is 1. The van der Waals surface area contributed by atoms with Gasteiger partial charge < -0.3 is 15.4 Å². The highest BCUT2D eigenvalue weighted by molar-refractivity contribution is 7.99. The molecule has 2 N–H and O–H groups in total. The zero-order valence-corrected chi connectivity index (χ0v) is 19.5. The van der Waals surface area contributed by atoms with Crippen molar-refractivity contribution in [2.45, 2.75) is 37.9 Å². The van der Waals surface area contributed by atoms with Crippen molar-refractivity contribution in [3.05, 3.63) is 45.1 Å². The molecule has 0 spiro atoms. The van der Waals surface area contributed by atoms with Crippen LogP contribution in [0.25, 0.3) is 10.2 Å². The van der Waals surface area contributed by atoms with Gasteiger partial charge in [0.15, 0.2) is 5.16 Å². The number of fused-ring (bicyclic) bond motifs is 3. The smallest absolute Gasteiger partial charge is 0.263 e. The first-order chi connectivity index (χ1) is 15.5.